The highest BCUT2D eigenvalue weighted by molar-refractivity contribution is 7.90. The minimum absolute atomic E-state index is 0.0639. The van der Waals surface area contributed by atoms with Gasteiger partial charge in [-0.15, -0.1) is 0 Å². The molecule has 0 atom stereocenters. The lowest BCUT2D eigenvalue weighted by Crippen LogP contribution is -2.34. The third-order valence-corrected chi connectivity index (χ3v) is 5.20. The van der Waals surface area contributed by atoms with E-state index in [0.29, 0.717) is 5.75 Å². The Bertz CT molecular complexity index is 1050. The average Bonchev–Trinajstić information content (AvgIpc) is 2.58. The summed E-state index contributed by atoms with van der Waals surface area (Å²) in [5.41, 5.74) is 1.62. The molecule has 0 spiro atoms. The Morgan fingerprint density at radius 2 is 1.58 bits per heavy atom. The van der Waals surface area contributed by atoms with E-state index in [-0.39, 0.29) is 11.5 Å². The van der Waals surface area contributed by atoms with Gasteiger partial charge in [0.2, 0.25) is 0 Å². The van der Waals surface area contributed by atoms with E-state index in [1.807, 2.05) is 41.1 Å². The first-order valence-corrected chi connectivity index (χ1v) is 9.57. The van der Waals surface area contributed by atoms with Crippen molar-refractivity contribution in [3.05, 3.63) is 71.8 Å². The molecule has 3 aromatic carbocycles. The first kappa shape index (κ1) is 17.9. The highest BCUT2D eigenvalue weighted by Gasteiger charge is 2.18. The number of carbonyl (C=O) groups is 1. The van der Waals surface area contributed by atoms with Crippen LogP contribution in [0.15, 0.2) is 65.6 Å². The Hall–Kier alpha value is -2.86. The zero-order chi connectivity index (χ0) is 18.7. The molecule has 0 aliphatic rings. The molecule has 0 saturated carbocycles. The van der Waals surface area contributed by atoms with E-state index in [2.05, 4.69) is 0 Å². The second-order valence-electron chi connectivity index (χ2n) is 6.15. The fourth-order valence-corrected chi connectivity index (χ4v) is 3.89. The number of sulfonamides is 1. The first-order valence-electron chi connectivity index (χ1n) is 8.09. The molecule has 0 saturated heterocycles. The molecular weight excluding hydrogens is 350 g/mol. The maximum absolute atomic E-state index is 12.3. The van der Waals surface area contributed by atoms with Gasteiger partial charge in [-0.3, -0.25) is 4.79 Å². The van der Waals surface area contributed by atoms with Crippen LogP contribution in [0.2, 0.25) is 0 Å². The van der Waals surface area contributed by atoms with Crippen molar-refractivity contribution in [3.8, 4) is 5.75 Å². The Labute approximate surface area is 152 Å². The molecule has 1 amide bonds. The van der Waals surface area contributed by atoms with Gasteiger partial charge >= 0.3 is 0 Å². The van der Waals surface area contributed by atoms with Crippen molar-refractivity contribution in [2.24, 2.45) is 0 Å². The van der Waals surface area contributed by atoms with Gasteiger partial charge in [0.1, 0.15) is 5.75 Å². The van der Waals surface area contributed by atoms with Crippen LogP contribution in [0.1, 0.15) is 11.1 Å². The Morgan fingerprint density at radius 1 is 0.923 bits per heavy atom. The lowest BCUT2D eigenvalue weighted by molar-refractivity contribution is -0.121. The molecule has 0 heterocycles. The number of hydrogen-bond donors (Lipinski definition) is 1. The quantitative estimate of drug-likeness (QED) is 0.749. The third-order valence-electron chi connectivity index (χ3n) is 3.84. The molecule has 0 aliphatic carbocycles. The van der Waals surface area contributed by atoms with Crippen LogP contribution in [0.25, 0.3) is 10.8 Å². The van der Waals surface area contributed by atoms with Crippen molar-refractivity contribution in [2.45, 2.75) is 18.7 Å². The topological polar surface area (TPSA) is 72.5 Å². The Kier molecular flexibility index (Phi) is 4.95. The monoisotopic (exact) mass is 369 g/mol. The van der Waals surface area contributed by atoms with E-state index in [0.717, 1.165) is 21.9 Å². The minimum Gasteiger partial charge on any atom is -0.484 e. The summed E-state index contributed by atoms with van der Waals surface area (Å²) in [7, 11) is -3.92. The predicted molar refractivity (Wildman–Crippen MR) is 101 cm³/mol. The fraction of sp³-hybridized carbons (Fsp3) is 0.150. The summed E-state index contributed by atoms with van der Waals surface area (Å²) in [5.74, 6) is -0.222. The summed E-state index contributed by atoms with van der Waals surface area (Å²) in [6.07, 6.45) is 0. The van der Waals surface area contributed by atoms with E-state index in [1.165, 1.54) is 12.1 Å². The fourth-order valence-electron chi connectivity index (χ4n) is 2.73. The summed E-state index contributed by atoms with van der Waals surface area (Å²) >= 11 is 0. The van der Waals surface area contributed by atoms with Gasteiger partial charge in [0.25, 0.3) is 15.9 Å². The van der Waals surface area contributed by atoms with Crippen molar-refractivity contribution < 1.29 is 17.9 Å². The van der Waals surface area contributed by atoms with Gasteiger partial charge in [0.05, 0.1) is 4.90 Å². The van der Waals surface area contributed by atoms with Gasteiger partial charge in [0, 0.05) is 0 Å². The molecule has 1 N–H and O–H groups in total. The summed E-state index contributed by atoms with van der Waals surface area (Å²) < 4.78 is 32.2. The molecular formula is C20H19NO4S. The van der Waals surface area contributed by atoms with Gasteiger partial charge in [-0.1, -0.05) is 36.4 Å². The van der Waals surface area contributed by atoms with Crippen LogP contribution >= 0.6 is 0 Å². The number of fused-ring (bicyclic) bond motifs is 1. The highest BCUT2D eigenvalue weighted by Crippen LogP contribution is 2.20. The van der Waals surface area contributed by atoms with E-state index in [9.17, 15) is 13.2 Å². The SMILES string of the molecule is Cc1cc(C)cc(S(=O)(=O)NC(=O)COc2ccc3ccccc3c2)c1. The molecule has 0 aromatic heterocycles. The second-order valence-corrected chi connectivity index (χ2v) is 7.83. The molecule has 0 fully saturated rings. The molecule has 0 aliphatic heterocycles. The molecule has 3 rings (SSSR count). The predicted octanol–water partition coefficient (Wildman–Crippen LogP) is 3.34. The van der Waals surface area contributed by atoms with Crippen LogP contribution in [-0.4, -0.2) is 20.9 Å². The summed E-state index contributed by atoms with van der Waals surface area (Å²) in [4.78, 5) is 12.1. The van der Waals surface area contributed by atoms with Gasteiger partial charge in [-0.25, -0.2) is 13.1 Å². The van der Waals surface area contributed by atoms with Gasteiger partial charge < -0.3 is 4.74 Å². The molecule has 0 bridgehead atoms. The van der Waals surface area contributed by atoms with Crippen LogP contribution in [-0.2, 0) is 14.8 Å². The highest BCUT2D eigenvalue weighted by atomic mass is 32.2. The number of carbonyl (C=O) groups excluding carboxylic acids is 1. The summed E-state index contributed by atoms with van der Waals surface area (Å²) in [5, 5.41) is 2.04. The number of benzene rings is 3. The number of nitrogens with one attached hydrogen (secondary N) is 1. The van der Waals surface area contributed by atoms with Crippen molar-refractivity contribution in [1.29, 1.82) is 0 Å². The summed E-state index contributed by atoms with van der Waals surface area (Å²) in [6, 6.07) is 18.1. The van der Waals surface area contributed by atoms with Crippen LogP contribution in [0, 0.1) is 13.8 Å². The van der Waals surface area contributed by atoms with Crippen molar-refractivity contribution in [1.82, 2.24) is 4.72 Å². The standard InChI is InChI=1S/C20H19NO4S/c1-14-9-15(2)11-19(10-14)26(23,24)21-20(22)13-25-18-8-7-16-5-3-4-6-17(16)12-18/h3-12H,13H2,1-2H3,(H,21,22). The van der Waals surface area contributed by atoms with Crippen LogP contribution in [0.5, 0.6) is 5.75 Å². The molecule has 0 unspecified atom stereocenters. The molecule has 5 nitrogen and oxygen atoms in total. The van der Waals surface area contributed by atoms with Crippen molar-refractivity contribution in [3.63, 3.8) is 0 Å². The Morgan fingerprint density at radius 3 is 2.27 bits per heavy atom. The van der Waals surface area contributed by atoms with Gasteiger partial charge in [-0.05, 0) is 60.0 Å². The number of ether oxygens (including phenoxy) is 1. The maximum Gasteiger partial charge on any atom is 0.271 e. The number of aryl methyl sites for hydroxylation is 2. The van der Waals surface area contributed by atoms with E-state index in [1.54, 1.807) is 26.0 Å². The lowest BCUT2D eigenvalue weighted by Gasteiger charge is -2.10. The largest absolute Gasteiger partial charge is 0.484 e. The molecule has 6 heteroatoms. The molecule has 3 aromatic rings. The molecule has 134 valence electrons. The van der Waals surface area contributed by atoms with Crippen molar-refractivity contribution >= 4 is 26.7 Å². The maximum atomic E-state index is 12.3. The van der Waals surface area contributed by atoms with E-state index >= 15 is 0 Å². The zero-order valence-corrected chi connectivity index (χ0v) is 15.3. The van der Waals surface area contributed by atoms with E-state index in [4.69, 9.17) is 4.74 Å². The van der Waals surface area contributed by atoms with Gasteiger partial charge in [-0.2, -0.15) is 0 Å². The van der Waals surface area contributed by atoms with Crippen LogP contribution in [0.3, 0.4) is 0 Å². The van der Waals surface area contributed by atoms with Crippen LogP contribution in [0.4, 0.5) is 0 Å². The van der Waals surface area contributed by atoms with Crippen LogP contribution < -0.4 is 9.46 Å². The second kappa shape index (κ2) is 7.17. The van der Waals surface area contributed by atoms with Crippen molar-refractivity contribution in [2.75, 3.05) is 6.61 Å². The third kappa shape index (κ3) is 4.21. The lowest BCUT2D eigenvalue weighted by atomic mass is 10.1. The zero-order valence-electron chi connectivity index (χ0n) is 14.5. The minimum atomic E-state index is -3.92. The number of hydrogen-bond acceptors (Lipinski definition) is 4. The smallest absolute Gasteiger partial charge is 0.271 e. The van der Waals surface area contributed by atoms with Gasteiger partial charge in [0.15, 0.2) is 6.61 Å². The summed E-state index contributed by atoms with van der Waals surface area (Å²) in [6.45, 7) is 3.22. The molecule has 26 heavy (non-hydrogen) atoms. The normalized spacial score (nSPS) is 11.3. The number of rotatable bonds is 5. The Balaban J connectivity index is 1.67. The molecule has 0 radical (unpaired) electrons. The first-order chi connectivity index (χ1) is 12.3. The van der Waals surface area contributed by atoms with E-state index < -0.39 is 15.9 Å². The average molecular weight is 369 g/mol. The number of amides is 1.